The van der Waals surface area contributed by atoms with E-state index in [9.17, 15) is 9.59 Å². The Hall–Kier alpha value is -1.10. The summed E-state index contributed by atoms with van der Waals surface area (Å²) in [5.74, 6) is -0.870. The summed E-state index contributed by atoms with van der Waals surface area (Å²) in [5, 5.41) is 12.0. The second-order valence-corrected chi connectivity index (χ2v) is 5.21. The molecule has 5 nitrogen and oxygen atoms in total. The number of carbonyl (C=O) groups excluding carboxylic acids is 1. The zero-order valence-corrected chi connectivity index (χ0v) is 10.9. The first kappa shape index (κ1) is 15.0. The molecule has 1 aliphatic carbocycles. The molecule has 18 heavy (non-hydrogen) atoms. The number of carbonyl (C=O) groups is 2. The van der Waals surface area contributed by atoms with Gasteiger partial charge in [-0.25, -0.2) is 0 Å². The van der Waals surface area contributed by atoms with E-state index in [0.717, 1.165) is 44.9 Å². The van der Waals surface area contributed by atoms with Gasteiger partial charge in [-0.1, -0.05) is 19.3 Å². The fraction of sp³-hybridized carbons (Fsp3) is 0.846. The van der Waals surface area contributed by atoms with E-state index in [4.69, 9.17) is 10.8 Å². The number of unbranched alkanes of at least 4 members (excludes halogenated alkanes) is 1. The van der Waals surface area contributed by atoms with E-state index >= 15 is 0 Å². The number of nitrogens with two attached hydrogens (primary N) is 1. The summed E-state index contributed by atoms with van der Waals surface area (Å²) in [6.45, 7) is 0.591. The standard InChI is InChI=1S/C13H24N2O3/c14-9-5-2-6-11(16)15-13(10-12(17)18)7-3-1-4-8-13/h1-10,14H2,(H,15,16)(H,17,18). The third kappa shape index (κ3) is 5.04. The van der Waals surface area contributed by atoms with Crippen molar-refractivity contribution in [2.75, 3.05) is 6.54 Å². The Morgan fingerprint density at radius 1 is 1.17 bits per heavy atom. The van der Waals surface area contributed by atoms with E-state index in [1.807, 2.05) is 0 Å². The van der Waals surface area contributed by atoms with Crippen LogP contribution in [0.4, 0.5) is 0 Å². The lowest BCUT2D eigenvalue weighted by Crippen LogP contribution is -2.51. The molecule has 0 aromatic carbocycles. The summed E-state index contributed by atoms with van der Waals surface area (Å²) in [6.07, 6.45) is 6.76. The van der Waals surface area contributed by atoms with Crippen LogP contribution >= 0.6 is 0 Å². The van der Waals surface area contributed by atoms with Gasteiger partial charge in [-0.2, -0.15) is 0 Å². The van der Waals surface area contributed by atoms with Crippen molar-refractivity contribution >= 4 is 11.9 Å². The molecule has 0 atom stereocenters. The number of amides is 1. The molecule has 0 aliphatic heterocycles. The van der Waals surface area contributed by atoms with Gasteiger partial charge >= 0.3 is 5.97 Å². The van der Waals surface area contributed by atoms with Gasteiger partial charge in [0, 0.05) is 6.42 Å². The maximum atomic E-state index is 11.8. The summed E-state index contributed by atoms with van der Waals surface area (Å²) in [6, 6.07) is 0. The molecule has 104 valence electrons. The van der Waals surface area contributed by atoms with Crippen LogP contribution in [0.5, 0.6) is 0 Å². The minimum Gasteiger partial charge on any atom is -0.481 e. The fourth-order valence-corrected chi connectivity index (χ4v) is 2.65. The highest BCUT2D eigenvalue weighted by atomic mass is 16.4. The molecule has 4 N–H and O–H groups in total. The van der Waals surface area contributed by atoms with E-state index in [-0.39, 0.29) is 12.3 Å². The Morgan fingerprint density at radius 2 is 1.83 bits per heavy atom. The summed E-state index contributed by atoms with van der Waals surface area (Å²) in [5.41, 5.74) is 4.87. The van der Waals surface area contributed by atoms with Gasteiger partial charge in [-0.3, -0.25) is 9.59 Å². The summed E-state index contributed by atoms with van der Waals surface area (Å²) in [4.78, 5) is 22.8. The van der Waals surface area contributed by atoms with Gasteiger partial charge in [0.05, 0.1) is 12.0 Å². The largest absolute Gasteiger partial charge is 0.481 e. The molecule has 5 heteroatoms. The van der Waals surface area contributed by atoms with Crippen LogP contribution < -0.4 is 11.1 Å². The normalized spacial score (nSPS) is 18.3. The Bertz CT molecular complexity index is 286. The second-order valence-electron chi connectivity index (χ2n) is 5.21. The lowest BCUT2D eigenvalue weighted by Gasteiger charge is -2.37. The van der Waals surface area contributed by atoms with Crippen LogP contribution in [0.1, 0.15) is 57.8 Å². The smallest absolute Gasteiger partial charge is 0.305 e. The van der Waals surface area contributed by atoms with Gasteiger partial charge in [0.2, 0.25) is 5.91 Å². The first-order valence-electron chi connectivity index (χ1n) is 6.81. The van der Waals surface area contributed by atoms with Gasteiger partial charge in [0.25, 0.3) is 0 Å². The molecule has 0 unspecified atom stereocenters. The lowest BCUT2D eigenvalue weighted by molar-refractivity contribution is -0.139. The summed E-state index contributed by atoms with van der Waals surface area (Å²) < 4.78 is 0. The summed E-state index contributed by atoms with van der Waals surface area (Å²) in [7, 11) is 0. The van der Waals surface area contributed by atoms with E-state index in [1.165, 1.54) is 0 Å². The SMILES string of the molecule is NCCCCC(=O)NC1(CC(=O)O)CCCCC1. The highest BCUT2D eigenvalue weighted by Gasteiger charge is 2.35. The Labute approximate surface area is 108 Å². The maximum Gasteiger partial charge on any atom is 0.305 e. The van der Waals surface area contributed by atoms with E-state index in [0.29, 0.717) is 13.0 Å². The van der Waals surface area contributed by atoms with Crippen molar-refractivity contribution in [2.45, 2.75) is 63.3 Å². The highest BCUT2D eigenvalue weighted by molar-refractivity contribution is 5.78. The third-order valence-electron chi connectivity index (χ3n) is 3.56. The number of nitrogens with one attached hydrogen (secondary N) is 1. The zero-order valence-electron chi connectivity index (χ0n) is 10.9. The van der Waals surface area contributed by atoms with E-state index < -0.39 is 11.5 Å². The number of hydrogen-bond acceptors (Lipinski definition) is 3. The molecule has 1 fully saturated rings. The van der Waals surface area contributed by atoms with Crippen molar-refractivity contribution in [3.8, 4) is 0 Å². The van der Waals surface area contributed by atoms with Crippen LogP contribution in [0, 0.1) is 0 Å². The van der Waals surface area contributed by atoms with Crippen molar-refractivity contribution in [3.05, 3.63) is 0 Å². The first-order valence-corrected chi connectivity index (χ1v) is 6.81. The highest BCUT2D eigenvalue weighted by Crippen LogP contribution is 2.31. The fourth-order valence-electron chi connectivity index (χ4n) is 2.65. The monoisotopic (exact) mass is 256 g/mol. The molecular weight excluding hydrogens is 232 g/mol. The third-order valence-corrected chi connectivity index (χ3v) is 3.56. The van der Waals surface area contributed by atoms with Gasteiger partial charge in [0.1, 0.15) is 0 Å². The van der Waals surface area contributed by atoms with Gasteiger partial charge in [-0.15, -0.1) is 0 Å². The lowest BCUT2D eigenvalue weighted by atomic mass is 9.79. The van der Waals surface area contributed by atoms with Crippen LogP contribution in [0.3, 0.4) is 0 Å². The number of rotatable bonds is 7. The van der Waals surface area contributed by atoms with Crippen LogP contribution in [0.15, 0.2) is 0 Å². The van der Waals surface area contributed by atoms with Gasteiger partial charge in [-0.05, 0) is 32.2 Å². The molecule has 0 heterocycles. The van der Waals surface area contributed by atoms with E-state index in [1.54, 1.807) is 0 Å². The molecule has 0 radical (unpaired) electrons. The van der Waals surface area contributed by atoms with E-state index in [2.05, 4.69) is 5.32 Å². The Balaban J connectivity index is 2.49. The van der Waals surface area contributed by atoms with Crippen LogP contribution in [0.25, 0.3) is 0 Å². The zero-order chi connectivity index (χ0) is 13.4. The summed E-state index contributed by atoms with van der Waals surface area (Å²) >= 11 is 0. The second kappa shape index (κ2) is 7.36. The molecular formula is C13H24N2O3. The van der Waals surface area contributed by atoms with Crippen molar-refractivity contribution in [2.24, 2.45) is 5.73 Å². The van der Waals surface area contributed by atoms with Crippen LogP contribution in [-0.4, -0.2) is 29.1 Å². The van der Waals surface area contributed by atoms with Gasteiger partial charge < -0.3 is 16.2 Å². The van der Waals surface area contributed by atoms with Crippen molar-refractivity contribution in [3.63, 3.8) is 0 Å². The predicted octanol–water partition coefficient (Wildman–Crippen LogP) is 1.41. The number of carboxylic acid groups (broad SMARTS) is 1. The molecule has 0 aromatic heterocycles. The molecule has 1 aliphatic rings. The predicted molar refractivity (Wildman–Crippen MR) is 69.1 cm³/mol. The number of hydrogen-bond donors (Lipinski definition) is 3. The van der Waals surface area contributed by atoms with Crippen molar-refractivity contribution < 1.29 is 14.7 Å². The molecule has 1 rings (SSSR count). The minimum absolute atomic E-state index is 0.0356. The molecule has 0 saturated heterocycles. The topological polar surface area (TPSA) is 92.4 Å². The van der Waals surface area contributed by atoms with Gasteiger partial charge in [0.15, 0.2) is 0 Å². The number of carboxylic acids is 1. The minimum atomic E-state index is -0.834. The average molecular weight is 256 g/mol. The molecule has 0 aromatic rings. The molecule has 0 spiro atoms. The quantitative estimate of drug-likeness (QED) is 0.600. The first-order chi connectivity index (χ1) is 8.58. The van der Waals surface area contributed by atoms with Crippen LogP contribution in [-0.2, 0) is 9.59 Å². The van der Waals surface area contributed by atoms with Crippen molar-refractivity contribution in [1.29, 1.82) is 0 Å². The molecule has 1 saturated carbocycles. The van der Waals surface area contributed by atoms with Crippen LogP contribution in [0.2, 0.25) is 0 Å². The Kier molecular flexibility index (Phi) is 6.12. The molecule has 1 amide bonds. The molecule has 0 bridgehead atoms. The maximum absolute atomic E-state index is 11.8. The number of aliphatic carboxylic acids is 1. The van der Waals surface area contributed by atoms with Crippen molar-refractivity contribution in [1.82, 2.24) is 5.32 Å². The average Bonchev–Trinajstić information content (AvgIpc) is 2.29. The Morgan fingerprint density at radius 3 is 2.39 bits per heavy atom.